The van der Waals surface area contributed by atoms with Crippen LogP contribution in [0.15, 0.2) is 12.4 Å². The molecule has 0 atom stereocenters. The summed E-state index contributed by atoms with van der Waals surface area (Å²) >= 11 is 0. The zero-order valence-electron chi connectivity index (χ0n) is 14.5. The third-order valence-electron chi connectivity index (χ3n) is 5.61. The quantitative estimate of drug-likeness (QED) is 0.824. The standard InChI is InChI=1S/C18H29N5/c1-14(2)22-5-7-23(8-6-22)17-12-21(13-17)11-15-9-19-18(20-10-15)16-3-4-16/h9-10,14,16-17H,3-8,11-13H2,1-2H3. The first-order valence-corrected chi connectivity index (χ1v) is 9.20. The number of piperazine rings is 1. The van der Waals surface area contributed by atoms with Crippen LogP contribution in [0.1, 0.15) is 44.0 Å². The maximum Gasteiger partial charge on any atom is 0.131 e. The molecule has 0 bridgehead atoms. The summed E-state index contributed by atoms with van der Waals surface area (Å²) in [4.78, 5) is 16.9. The molecule has 1 saturated carbocycles. The molecule has 0 radical (unpaired) electrons. The number of hydrogen-bond donors (Lipinski definition) is 0. The van der Waals surface area contributed by atoms with Crippen molar-refractivity contribution in [3.8, 4) is 0 Å². The fourth-order valence-corrected chi connectivity index (χ4v) is 3.78. The largest absolute Gasteiger partial charge is 0.298 e. The first kappa shape index (κ1) is 15.5. The summed E-state index contributed by atoms with van der Waals surface area (Å²) in [6, 6.07) is 1.45. The van der Waals surface area contributed by atoms with E-state index in [0.717, 1.165) is 18.4 Å². The number of aromatic nitrogens is 2. The van der Waals surface area contributed by atoms with Gasteiger partial charge in [0.05, 0.1) is 0 Å². The predicted octanol–water partition coefficient (Wildman–Crippen LogP) is 1.56. The molecule has 126 valence electrons. The van der Waals surface area contributed by atoms with Gasteiger partial charge in [-0.15, -0.1) is 0 Å². The van der Waals surface area contributed by atoms with Gasteiger partial charge in [0.15, 0.2) is 0 Å². The molecule has 1 aromatic heterocycles. The topological polar surface area (TPSA) is 35.5 Å². The minimum absolute atomic E-state index is 0.655. The van der Waals surface area contributed by atoms with Crippen LogP contribution in [0.5, 0.6) is 0 Å². The third-order valence-corrected chi connectivity index (χ3v) is 5.61. The zero-order chi connectivity index (χ0) is 15.8. The fraction of sp³-hybridized carbons (Fsp3) is 0.778. The van der Waals surface area contributed by atoms with E-state index in [1.165, 1.54) is 57.7 Å². The van der Waals surface area contributed by atoms with Gasteiger partial charge in [-0.05, 0) is 26.7 Å². The molecule has 0 aromatic carbocycles. The highest BCUT2D eigenvalue weighted by Crippen LogP contribution is 2.37. The lowest BCUT2D eigenvalue weighted by molar-refractivity contribution is -0.00420. The van der Waals surface area contributed by atoms with Crippen molar-refractivity contribution in [1.82, 2.24) is 24.7 Å². The van der Waals surface area contributed by atoms with Crippen molar-refractivity contribution in [3.63, 3.8) is 0 Å². The van der Waals surface area contributed by atoms with Crippen LogP contribution in [-0.2, 0) is 6.54 Å². The highest BCUT2D eigenvalue weighted by Gasteiger charge is 2.33. The molecule has 1 aromatic rings. The lowest BCUT2D eigenvalue weighted by atomic mass is 10.0. The second kappa shape index (κ2) is 6.46. The van der Waals surface area contributed by atoms with E-state index in [1.807, 2.05) is 12.4 Å². The molecule has 0 spiro atoms. The van der Waals surface area contributed by atoms with Gasteiger partial charge in [-0.3, -0.25) is 14.7 Å². The molecule has 5 heteroatoms. The maximum absolute atomic E-state index is 4.53. The summed E-state index contributed by atoms with van der Waals surface area (Å²) < 4.78 is 0. The predicted molar refractivity (Wildman–Crippen MR) is 91.4 cm³/mol. The Morgan fingerprint density at radius 3 is 2.26 bits per heavy atom. The van der Waals surface area contributed by atoms with Gasteiger partial charge < -0.3 is 0 Å². The molecule has 3 heterocycles. The molecule has 2 saturated heterocycles. The smallest absolute Gasteiger partial charge is 0.131 e. The molecule has 5 nitrogen and oxygen atoms in total. The van der Waals surface area contributed by atoms with Gasteiger partial charge in [0, 0.05) is 81.8 Å². The van der Waals surface area contributed by atoms with E-state index in [-0.39, 0.29) is 0 Å². The van der Waals surface area contributed by atoms with Crippen molar-refractivity contribution in [1.29, 1.82) is 0 Å². The van der Waals surface area contributed by atoms with Gasteiger partial charge in [-0.1, -0.05) is 0 Å². The first-order chi connectivity index (χ1) is 11.2. The number of rotatable bonds is 5. The van der Waals surface area contributed by atoms with Gasteiger partial charge in [0.25, 0.3) is 0 Å². The monoisotopic (exact) mass is 315 g/mol. The normalized spacial score (nSPS) is 25.0. The second-order valence-electron chi connectivity index (χ2n) is 7.74. The van der Waals surface area contributed by atoms with Crippen molar-refractivity contribution in [2.75, 3.05) is 39.3 Å². The second-order valence-corrected chi connectivity index (χ2v) is 7.74. The van der Waals surface area contributed by atoms with E-state index in [0.29, 0.717) is 12.0 Å². The van der Waals surface area contributed by atoms with E-state index >= 15 is 0 Å². The summed E-state index contributed by atoms with van der Waals surface area (Å²) in [6.07, 6.45) is 6.62. The van der Waals surface area contributed by atoms with Gasteiger partial charge in [0.2, 0.25) is 0 Å². The molecule has 0 unspecified atom stereocenters. The summed E-state index contributed by atoms with van der Waals surface area (Å²) in [5, 5.41) is 0. The van der Waals surface area contributed by atoms with Crippen LogP contribution in [0.4, 0.5) is 0 Å². The highest BCUT2D eigenvalue weighted by atomic mass is 15.4. The van der Waals surface area contributed by atoms with Gasteiger partial charge in [-0.2, -0.15) is 0 Å². The average Bonchev–Trinajstić information content (AvgIpc) is 3.36. The Hall–Kier alpha value is -1.04. The molecule has 0 amide bonds. The molecular formula is C18H29N5. The van der Waals surface area contributed by atoms with E-state index in [2.05, 4.69) is 38.5 Å². The molecule has 3 fully saturated rings. The highest BCUT2D eigenvalue weighted by molar-refractivity contribution is 5.11. The molecule has 4 rings (SSSR count). The minimum Gasteiger partial charge on any atom is -0.298 e. The van der Waals surface area contributed by atoms with E-state index in [4.69, 9.17) is 0 Å². The van der Waals surface area contributed by atoms with Crippen LogP contribution in [0, 0.1) is 0 Å². The Kier molecular flexibility index (Phi) is 4.35. The lowest BCUT2D eigenvalue weighted by Crippen LogP contribution is -2.63. The lowest BCUT2D eigenvalue weighted by Gasteiger charge is -2.48. The molecule has 0 N–H and O–H groups in total. The molecular weight excluding hydrogens is 286 g/mol. The van der Waals surface area contributed by atoms with Gasteiger partial charge >= 0.3 is 0 Å². The SMILES string of the molecule is CC(C)N1CCN(C2CN(Cc3cnc(C4CC4)nc3)C2)CC1. The maximum atomic E-state index is 4.53. The Balaban J connectivity index is 1.21. The van der Waals surface area contributed by atoms with E-state index in [9.17, 15) is 0 Å². The number of hydrogen-bond acceptors (Lipinski definition) is 5. The van der Waals surface area contributed by atoms with Crippen LogP contribution in [-0.4, -0.2) is 76.0 Å². The first-order valence-electron chi connectivity index (χ1n) is 9.20. The third kappa shape index (κ3) is 3.57. The van der Waals surface area contributed by atoms with Crippen molar-refractivity contribution >= 4 is 0 Å². The van der Waals surface area contributed by atoms with Crippen LogP contribution in [0.3, 0.4) is 0 Å². The van der Waals surface area contributed by atoms with Gasteiger partial charge in [0.1, 0.15) is 5.82 Å². The van der Waals surface area contributed by atoms with Crippen molar-refractivity contribution < 1.29 is 0 Å². The molecule has 23 heavy (non-hydrogen) atoms. The van der Waals surface area contributed by atoms with Crippen LogP contribution in [0.25, 0.3) is 0 Å². The average molecular weight is 315 g/mol. The van der Waals surface area contributed by atoms with E-state index < -0.39 is 0 Å². The van der Waals surface area contributed by atoms with Crippen molar-refractivity contribution in [2.24, 2.45) is 0 Å². The zero-order valence-corrected chi connectivity index (χ0v) is 14.5. The van der Waals surface area contributed by atoms with Gasteiger partial charge in [-0.25, -0.2) is 9.97 Å². The summed E-state index contributed by atoms with van der Waals surface area (Å²) in [5.41, 5.74) is 1.26. The summed E-state index contributed by atoms with van der Waals surface area (Å²) in [6.45, 7) is 12.9. The van der Waals surface area contributed by atoms with Crippen molar-refractivity contribution in [3.05, 3.63) is 23.8 Å². The molecule has 2 aliphatic heterocycles. The Morgan fingerprint density at radius 2 is 1.70 bits per heavy atom. The van der Waals surface area contributed by atoms with Crippen LogP contribution < -0.4 is 0 Å². The van der Waals surface area contributed by atoms with Crippen LogP contribution in [0.2, 0.25) is 0 Å². The minimum atomic E-state index is 0.655. The summed E-state index contributed by atoms with van der Waals surface area (Å²) in [7, 11) is 0. The molecule has 3 aliphatic rings. The number of nitrogens with zero attached hydrogens (tertiary/aromatic N) is 5. The fourth-order valence-electron chi connectivity index (χ4n) is 3.78. The Labute approximate surface area is 139 Å². The van der Waals surface area contributed by atoms with Crippen molar-refractivity contribution in [2.45, 2.75) is 51.2 Å². The van der Waals surface area contributed by atoms with Crippen LogP contribution >= 0.6 is 0 Å². The molecule has 1 aliphatic carbocycles. The van der Waals surface area contributed by atoms with E-state index in [1.54, 1.807) is 0 Å². The number of likely N-dealkylation sites (tertiary alicyclic amines) is 1. The Bertz CT molecular complexity index is 511. The Morgan fingerprint density at radius 1 is 1.04 bits per heavy atom. The summed E-state index contributed by atoms with van der Waals surface area (Å²) in [5.74, 6) is 1.71.